The lowest BCUT2D eigenvalue weighted by molar-refractivity contribution is -0.138. The summed E-state index contributed by atoms with van der Waals surface area (Å²) in [6.07, 6.45) is -4.37. The number of benzene rings is 1. The number of halogens is 6. The molecule has 1 aromatic carbocycles. The second-order valence-electron chi connectivity index (χ2n) is 4.69. The zero-order chi connectivity index (χ0) is 14.0. The predicted octanol–water partition coefficient (Wildman–Crippen LogP) is 4.17. The van der Waals surface area contributed by atoms with Gasteiger partial charge in [0.15, 0.2) is 0 Å². The van der Waals surface area contributed by atoms with E-state index in [0.29, 0.717) is 5.56 Å². The minimum absolute atomic E-state index is 0. The average Bonchev–Trinajstić information content (AvgIpc) is 2.38. The number of nitrogens with zero attached hydrogens (tertiary/aromatic N) is 1. The van der Waals surface area contributed by atoms with Crippen LogP contribution in [0.3, 0.4) is 0 Å². The standard InChI is InChI=1S/C13H16ClF3N2.2ClH/c1-9(19-6-4-18-5-7-19)11-3-2-10(14)8-12(11)13(15,16)17;;/h2-3,8-9,18H,4-7H2,1H3;2*1H/t9-;;/m1../s1. The Kier molecular flexibility index (Phi) is 8.36. The summed E-state index contributed by atoms with van der Waals surface area (Å²) >= 11 is 5.69. The van der Waals surface area contributed by atoms with Crippen molar-refractivity contribution in [2.24, 2.45) is 0 Å². The van der Waals surface area contributed by atoms with E-state index in [4.69, 9.17) is 11.6 Å². The molecule has 0 amide bonds. The van der Waals surface area contributed by atoms with E-state index in [1.54, 1.807) is 0 Å². The molecule has 2 nitrogen and oxygen atoms in total. The van der Waals surface area contributed by atoms with Crippen molar-refractivity contribution in [1.29, 1.82) is 0 Å². The lowest BCUT2D eigenvalue weighted by Gasteiger charge is -2.34. The Bertz CT molecular complexity index is 449. The molecule has 1 saturated heterocycles. The highest BCUT2D eigenvalue weighted by Crippen LogP contribution is 2.37. The van der Waals surface area contributed by atoms with Crippen LogP contribution in [-0.4, -0.2) is 31.1 Å². The third-order valence-electron chi connectivity index (χ3n) is 3.47. The highest BCUT2D eigenvalue weighted by atomic mass is 35.5. The largest absolute Gasteiger partial charge is 0.416 e. The summed E-state index contributed by atoms with van der Waals surface area (Å²) in [6.45, 7) is 4.92. The van der Waals surface area contributed by atoms with E-state index in [2.05, 4.69) is 10.2 Å². The fourth-order valence-electron chi connectivity index (χ4n) is 2.40. The maximum absolute atomic E-state index is 13.1. The Morgan fingerprint density at radius 2 is 1.76 bits per heavy atom. The van der Waals surface area contributed by atoms with Gasteiger partial charge in [0, 0.05) is 37.2 Å². The first kappa shape index (κ1) is 20.8. The fraction of sp³-hybridized carbons (Fsp3) is 0.538. The van der Waals surface area contributed by atoms with Gasteiger partial charge in [-0.05, 0) is 24.6 Å². The number of hydrogen-bond donors (Lipinski definition) is 1. The summed E-state index contributed by atoms with van der Waals surface area (Å²) in [4.78, 5) is 2.05. The molecule has 1 atom stereocenters. The van der Waals surface area contributed by atoms with Crippen LogP contribution in [0.15, 0.2) is 18.2 Å². The van der Waals surface area contributed by atoms with Crippen LogP contribution in [0.1, 0.15) is 24.1 Å². The Morgan fingerprint density at radius 3 is 2.29 bits per heavy atom. The van der Waals surface area contributed by atoms with Crippen molar-refractivity contribution < 1.29 is 13.2 Å². The van der Waals surface area contributed by atoms with Gasteiger partial charge in [0.2, 0.25) is 0 Å². The summed E-state index contributed by atoms with van der Waals surface area (Å²) in [7, 11) is 0. The molecule has 1 heterocycles. The number of rotatable bonds is 2. The lowest BCUT2D eigenvalue weighted by atomic mass is 9.99. The highest BCUT2D eigenvalue weighted by Gasteiger charge is 2.35. The van der Waals surface area contributed by atoms with Crippen LogP contribution in [0.2, 0.25) is 5.02 Å². The van der Waals surface area contributed by atoms with Crippen molar-refractivity contribution >= 4 is 36.4 Å². The van der Waals surface area contributed by atoms with Gasteiger partial charge in [0.1, 0.15) is 0 Å². The van der Waals surface area contributed by atoms with Gasteiger partial charge in [0.25, 0.3) is 0 Å². The normalized spacial score (nSPS) is 17.6. The van der Waals surface area contributed by atoms with Crippen LogP contribution < -0.4 is 5.32 Å². The molecule has 0 bridgehead atoms. The van der Waals surface area contributed by atoms with Crippen molar-refractivity contribution in [2.45, 2.75) is 19.1 Å². The number of nitrogens with one attached hydrogen (secondary N) is 1. The summed E-state index contributed by atoms with van der Waals surface area (Å²) < 4.78 is 39.2. The van der Waals surface area contributed by atoms with Crippen molar-refractivity contribution in [3.63, 3.8) is 0 Å². The lowest BCUT2D eigenvalue weighted by Crippen LogP contribution is -2.44. The summed E-state index contributed by atoms with van der Waals surface area (Å²) in [6, 6.07) is 3.74. The summed E-state index contributed by atoms with van der Waals surface area (Å²) in [5, 5.41) is 3.30. The van der Waals surface area contributed by atoms with Crippen LogP contribution in [0.25, 0.3) is 0 Å². The van der Waals surface area contributed by atoms with Crippen molar-refractivity contribution in [3.05, 3.63) is 34.3 Å². The van der Waals surface area contributed by atoms with Crippen LogP contribution in [0, 0.1) is 0 Å². The molecule has 0 radical (unpaired) electrons. The predicted molar refractivity (Wildman–Crippen MR) is 83.8 cm³/mol. The number of alkyl halides is 3. The van der Waals surface area contributed by atoms with E-state index in [1.165, 1.54) is 12.1 Å². The molecule has 1 aliphatic rings. The molecular weight excluding hydrogens is 348 g/mol. The molecule has 0 saturated carbocycles. The topological polar surface area (TPSA) is 15.3 Å². The van der Waals surface area contributed by atoms with Gasteiger partial charge in [0.05, 0.1) is 5.56 Å². The smallest absolute Gasteiger partial charge is 0.314 e. The Morgan fingerprint density at radius 1 is 1.19 bits per heavy atom. The van der Waals surface area contributed by atoms with Crippen molar-refractivity contribution in [3.8, 4) is 0 Å². The third-order valence-corrected chi connectivity index (χ3v) is 3.71. The number of hydrogen-bond acceptors (Lipinski definition) is 2. The molecule has 122 valence electrons. The van der Waals surface area contributed by atoms with E-state index in [-0.39, 0.29) is 35.9 Å². The molecule has 0 spiro atoms. The van der Waals surface area contributed by atoms with Gasteiger partial charge in [-0.2, -0.15) is 13.2 Å². The second kappa shape index (κ2) is 8.44. The van der Waals surface area contributed by atoms with Gasteiger partial charge in [-0.1, -0.05) is 17.7 Å². The minimum Gasteiger partial charge on any atom is -0.314 e. The summed E-state index contributed by atoms with van der Waals surface area (Å²) in [5.41, 5.74) is -0.343. The van der Waals surface area contributed by atoms with Gasteiger partial charge in [-0.25, -0.2) is 0 Å². The maximum Gasteiger partial charge on any atom is 0.416 e. The molecule has 1 aliphatic heterocycles. The zero-order valence-electron chi connectivity index (χ0n) is 11.4. The first-order valence-corrected chi connectivity index (χ1v) is 6.59. The first-order chi connectivity index (χ1) is 8.89. The molecule has 0 aromatic heterocycles. The van der Waals surface area contributed by atoms with E-state index in [0.717, 1.165) is 32.2 Å². The average molecular weight is 366 g/mol. The molecule has 1 aromatic rings. The maximum atomic E-state index is 13.1. The quantitative estimate of drug-likeness (QED) is 0.846. The Balaban J connectivity index is 0.00000200. The van der Waals surface area contributed by atoms with Crippen LogP contribution in [0.4, 0.5) is 13.2 Å². The zero-order valence-corrected chi connectivity index (χ0v) is 13.8. The fourth-order valence-corrected chi connectivity index (χ4v) is 2.58. The molecule has 1 fully saturated rings. The molecule has 0 aliphatic carbocycles. The van der Waals surface area contributed by atoms with Crippen LogP contribution in [0.5, 0.6) is 0 Å². The van der Waals surface area contributed by atoms with Crippen molar-refractivity contribution in [2.75, 3.05) is 26.2 Å². The monoisotopic (exact) mass is 364 g/mol. The van der Waals surface area contributed by atoms with Crippen LogP contribution >= 0.6 is 36.4 Å². The Labute approximate surface area is 139 Å². The molecular formula is C13H18Cl3F3N2. The Hall–Kier alpha value is -0.200. The molecule has 21 heavy (non-hydrogen) atoms. The number of piperazine rings is 1. The van der Waals surface area contributed by atoms with Gasteiger partial charge >= 0.3 is 6.18 Å². The van der Waals surface area contributed by atoms with Gasteiger partial charge < -0.3 is 5.32 Å². The summed E-state index contributed by atoms with van der Waals surface area (Å²) in [5.74, 6) is 0. The molecule has 0 unspecified atom stereocenters. The van der Waals surface area contributed by atoms with Crippen molar-refractivity contribution in [1.82, 2.24) is 10.2 Å². The van der Waals surface area contributed by atoms with E-state index >= 15 is 0 Å². The highest BCUT2D eigenvalue weighted by molar-refractivity contribution is 6.30. The molecule has 1 N–H and O–H groups in total. The van der Waals surface area contributed by atoms with Gasteiger partial charge in [-0.15, -0.1) is 24.8 Å². The van der Waals surface area contributed by atoms with E-state index < -0.39 is 11.7 Å². The minimum atomic E-state index is -4.37. The first-order valence-electron chi connectivity index (χ1n) is 6.21. The van der Waals surface area contributed by atoms with Crippen LogP contribution in [-0.2, 0) is 6.18 Å². The van der Waals surface area contributed by atoms with E-state index in [1.807, 2.05) is 6.92 Å². The second-order valence-corrected chi connectivity index (χ2v) is 5.13. The SMILES string of the molecule is C[C@H](c1ccc(Cl)cc1C(F)(F)F)N1CCNCC1.Cl.Cl. The van der Waals surface area contributed by atoms with Gasteiger partial charge in [-0.3, -0.25) is 4.90 Å². The molecule has 2 rings (SSSR count). The van der Waals surface area contributed by atoms with E-state index in [9.17, 15) is 13.2 Å². The molecule has 8 heteroatoms. The third kappa shape index (κ3) is 5.18.